The molecule has 1 aromatic heterocycles. The van der Waals surface area contributed by atoms with E-state index in [2.05, 4.69) is 41.3 Å². The van der Waals surface area contributed by atoms with Gasteiger partial charge in [-0.2, -0.15) is 0 Å². The van der Waals surface area contributed by atoms with Crippen molar-refractivity contribution in [2.45, 2.75) is 20.5 Å². The standard InChI is InChI=1S/C21H21ClN2O.CH4N2O/c1-14-5-4-6-20(23-3)18(14)13-25-21-10-7-16(11-15(21)2)19-9-8-17(22)12-24-19;2-3-1-4/h4-12,23H,13H2,1-3H3;1H,2H2,(H,3,4). The molecule has 0 unspecified atom stereocenters. The van der Waals surface area contributed by atoms with Crippen LogP contribution in [-0.4, -0.2) is 18.4 Å². The van der Waals surface area contributed by atoms with Gasteiger partial charge in [-0.15, -0.1) is 0 Å². The van der Waals surface area contributed by atoms with Crippen LogP contribution < -0.4 is 21.3 Å². The molecule has 152 valence electrons. The first-order valence-electron chi connectivity index (χ1n) is 9.01. The molecule has 3 rings (SSSR count). The molecule has 0 saturated heterocycles. The number of anilines is 1. The third-order valence-corrected chi connectivity index (χ3v) is 4.54. The van der Waals surface area contributed by atoms with Crippen LogP contribution in [0.4, 0.5) is 5.69 Å². The summed E-state index contributed by atoms with van der Waals surface area (Å²) in [5, 5.41) is 3.86. The SMILES string of the molecule is CNc1cccc(C)c1COc1ccc(-c2ccc(Cl)cn2)cc1C.NNC=O. The van der Waals surface area contributed by atoms with Crippen molar-refractivity contribution in [1.82, 2.24) is 10.4 Å². The quantitative estimate of drug-likeness (QED) is 0.244. The van der Waals surface area contributed by atoms with Crippen LogP contribution in [0.1, 0.15) is 16.7 Å². The predicted octanol–water partition coefficient (Wildman–Crippen LogP) is 4.25. The number of aromatic nitrogens is 1. The molecule has 3 aromatic rings. The number of hydrazine groups is 1. The highest BCUT2D eigenvalue weighted by molar-refractivity contribution is 6.30. The molecule has 6 nitrogen and oxygen atoms in total. The molecule has 1 heterocycles. The van der Waals surface area contributed by atoms with E-state index in [4.69, 9.17) is 21.1 Å². The highest BCUT2D eigenvalue weighted by Gasteiger charge is 2.08. The number of amides is 1. The molecule has 0 spiro atoms. The smallest absolute Gasteiger partial charge is 0.221 e. The number of rotatable bonds is 6. The lowest BCUT2D eigenvalue weighted by Crippen LogP contribution is -2.18. The zero-order valence-corrected chi connectivity index (χ0v) is 17.5. The Morgan fingerprint density at radius 2 is 1.90 bits per heavy atom. The van der Waals surface area contributed by atoms with E-state index in [0.717, 1.165) is 28.3 Å². The van der Waals surface area contributed by atoms with Crippen LogP contribution in [0.15, 0.2) is 54.7 Å². The summed E-state index contributed by atoms with van der Waals surface area (Å²) >= 11 is 5.90. The van der Waals surface area contributed by atoms with Crippen molar-refractivity contribution >= 4 is 23.7 Å². The number of nitrogens with two attached hydrogens (primary N) is 1. The number of hydrogen-bond donors (Lipinski definition) is 3. The zero-order valence-electron chi connectivity index (χ0n) is 16.7. The van der Waals surface area contributed by atoms with Crippen molar-refractivity contribution < 1.29 is 9.53 Å². The second-order valence-corrected chi connectivity index (χ2v) is 6.70. The second kappa shape index (κ2) is 11.0. The van der Waals surface area contributed by atoms with Gasteiger partial charge in [0, 0.05) is 30.1 Å². The molecule has 1 amide bonds. The molecule has 29 heavy (non-hydrogen) atoms. The number of nitrogens with zero attached hydrogens (tertiary/aromatic N) is 1. The van der Waals surface area contributed by atoms with Gasteiger partial charge in [0.15, 0.2) is 0 Å². The minimum Gasteiger partial charge on any atom is -0.489 e. The maximum Gasteiger partial charge on any atom is 0.221 e. The molecule has 0 bridgehead atoms. The molecule has 4 N–H and O–H groups in total. The summed E-state index contributed by atoms with van der Waals surface area (Å²) in [6.07, 6.45) is 2.06. The molecule has 2 aromatic carbocycles. The Morgan fingerprint density at radius 1 is 1.14 bits per heavy atom. The highest BCUT2D eigenvalue weighted by atomic mass is 35.5. The summed E-state index contributed by atoms with van der Waals surface area (Å²) in [5.41, 5.74) is 8.26. The first-order chi connectivity index (χ1) is 14.0. The fraction of sp³-hybridized carbons (Fsp3) is 0.182. The third-order valence-electron chi connectivity index (χ3n) is 4.32. The summed E-state index contributed by atoms with van der Waals surface area (Å²) in [4.78, 5) is 13.3. The van der Waals surface area contributed by atoms with Gasteiger partial charge >= 0.3 is 0 Å². The molecule has 0 fully saturated rings. The topological polar surface area (TPSA) is 89.3 Å². The number of benzene rings is 2. The van der Waals surface area contributed by atoms with Gasteiger partial charge in [0.2, 0.25) is 6.41 Å². The molecule has 0 aliphatic rings. The number of ether oxygens (including phenoxy) is 1. The fourth-order valence-electron chi connectivity index (χ4n) is 2.80. The average molecular weight is 413 g/mol. The van der Waals surface area contributed by atoms with E-state index in [0.29, 0.717) is 18.0 Å². The van der Waals surface area contributed by atoms with Gasteiger partial charge in [0.05, 0.1) is 10.7 Å². The summed E-state index contributed by atoms with van der Waals surface area (Å²) in [6.45, 7) is 4.68. The Kier molecular flexibility index (Phi) is 8.45. The van der Waals surface area contributed by atoms with E-state index in [1.165, 1.54) is 11.1 Å². The van der Waals surface area contributed by atoms with Gasteiger partial charge in [0.25, 0.3) is 0 Å². The van der Waals surface area contributed by atoms with Crippen LogP contribution in [-0.2, 0) is 11.4 Å². The Morgan fingerprint density at radius 3 is 2.48 bits per heavy atom. The number of halogens is 1. The first kappa shape index (κ1) is 22.2. The van der Waals surface area contributed by atoms with Gasteiger partial charge in [-0.05, 0) is 61.4 Å². The van der Waals surface area contributed by atoms with Crippen LogP contribution in [0.25, 0.3) is 11.3 Å². The number of carbonyl (C=O) groups excluding carboxylic acids is 1. The van der Waals surface area contributed by atoms with Crippen molar-refractivity contribution in [1.29, 1.82) is 0 Å². The Hall–Kier alpha value is -3.09. The van der Waals surface area contributed by atoms with E-state index in [9.17, 15) is 0 Å². The van der Waals surface area contributed by atoms with Crippen molar-refractivity contribution in [3.8, 4) is 17.0 Å². The highest BCUT2D eigenvalue weighted by Crippen LogP contribution is 2.27. The van der Waals surface area contributed by atoms with E-state index >= 15 is 0 Å². The van der Waals surface area contributed by atoms with Gasteiger partial charge < -0.3 is 10.1 Å². The van der Waals surface area contributed by atoms with Gasteiger partial charge in [0.1, 0.15) is 12.4 Å². The van der Waals surface area contributed by atoms with Crippen LogP contribution in [0, 0.1) is 13.8 Å². The zero-order chi connectivity index (χ0) is 21.2. The Bertz CT molecular complexity index is 946. The molecular weight excluding hydrogens is 388 g/mol. The number of nitrogens with one attached hydrogen (secondary N) is 2. The summed E-state index contributed by atoms with van der Waals surface area (Å²) in [7, 11) is 1.93. The molecule has 0 saturated carbocycles. The van der Waals surface area contributed by atoms with Gasteiger partial charge in [-0.25, -0.2) is 5.84 Å². The third kappa shape index (κ3) is 6.20. The average Bonchev–Trinajstić information content (AvgIpc) is 2.74. The minimum atomic E-state index is 0.403. The van der Waals surface area contributed by atoms with Gasteiger partial charge in [-0.1, -0.05) is 23.7 Å². The van der Waals surface area contributed by atoms with Crippen molar-refractivity contribution in [2.75, 3.05) is 12.4 Å². The molecule has 7 heteroatoms. The van der Waals surface area contributed by atoms with Gasteiger partial charge in [-0.3, -0.25) is 15.2 Å². The summed E-state index contributed by atoms with van der Waals surface area (Å²) < 4.78 is 6.07. The second-order valence-electron chi connectivity index (χ2n) is 6.27. The molecule has 0 atom stereocenters. The normalized spacial score (nSPS) is 9.83. The van der Waals surface area contributed by atoms with Crippen molar-refractivity contribution in [3.05, 3.63) is 76.4 Å². The number of hydrogen-bond acceptors (Lipinski definition) is 5. The van der Waals surface area contributed by atoms with E-state index < -0.39 is 0 Å². The maximum absolute atomic E-state index is 8.94. The monoisotopic (exact) mass is 412 g/mol. The lowest BCUT2D eigenvalue weighted by Gasteiger charge is -2.15. The predicted molar refractivity (Wildman–Crippen MR) is 118 cm³/mol. The molecule has 0 aliphatic heterocycles. The maximum atomic E-state index is 8.94. The number of pyridine rings is 1. The summed E-state index contributed by atoms with van der Waals surface area (Å²) in [6, 6.07) is 16.1. The van der Waals surface area contributed by atoms with Crippen LogP contribution in [0.5, 0.6) is 5.75 Å². The molecule has 0 aliphatic carbocycles. The molecule has 0 radical (unpaired) electrons. The van der Waals surface area contributed by atoms with Crippen molar-refractivity contribution in [2.24, 2.45) is 5.84 Å². The lowest BCUT2D eigenvalue weighted by atomic mass is 10.1. The Balaban J connectivity index is 0.000000687. The van der Waals surface area contributed by atoms with E-state index in [-0.39, 0.29) is 0 Å². The Labute approximate surface area is 176 Å². The van der Waals surface area contributed by atoms with E-state index in [1.54, 1.807) is 11.6 Å². The van der Waals surface area contributed by atoms with Crippen LogP contribution in [0.2, 0.25) is 5.02 Å². The fourth-order valence-corrected chi connectivity index (χ4v) is 2.91. The molecular formula is C22H25ClN4O2. The van der Waals surface area contributed by atoms with E-state index in [1.807, 2.05) is 44.3 Å². The van der Waals surface area contributed by atoms with Crippen LogP contribution >= 0.6 is 11.6 Å². The van der Waals surface area contributed by atoms with Crippen LogP contribution in [0.3, 0.4) is 0 Å². The lowest BCUT2D eigenvalue weighted by molar-refractivity contribution is -0.109. The van der Waals surface area contributed by atoms with Crippen molar-refractivity contribution in [3.63, 3.8) is 0 Å². The number of carbonyl (C=O) groups is 1. The number of aryl methyl sites for hydroxylation is 2. The largest absolute Gasteiger partial charge is 0.489 e. The minimum absolute atomic E-state index is 0.403. The summed E-state index contributed by atoms with van der Waals surface area (Å²) in [5.74, 6) is 5.29. The first-order valence-corrected chi connectivity index (χ1v) is 9.39.